The molecule has 0 saturated carbocycles. The molecular formula is C8H5ClF2N4. The highest BCUT2D eigenvalue weighted by atomic mass is 35.5. The highest BCUT2D eigenvalue weighted by molar-refractivity contribution is 6.29. The minimum Gasteiger partial charge on any atom is -0.203 e. The van der Waals surface area contributed by atoms with Gasteiger partial charge < -0.3 is 0 Å². The lowest BCUT2D eigenvalue weighted by Gasteiger charge is -1.98. The summed E-state index contributed by atoms with van der Waals surface area (Å²) in [6, 6.07) is 4.28. The molecule has 0 aliphatic carbocycles. The van der Waals surface area contributed by atoms with Gasteiger partial charge in [0.15, 0.2) is 5.82 Å². The van der Waals surface area contributed by atoms with Crippen LogP contribution in [0.15, 0.2) is 24.4 Å². The molecule has 0 radical (unpaired) electrons. The van der Waals surface area contributed by atoms with Crippen molar-refractivity contribution in [1.29, 1.82) is 0 Å². The fourth-order valence-corrected chi connectivity index (χ4v) is 1.29. The zero-order valence-corrected chi connectivity index (χ0v) is 8.07. The van der Waals surface area contributed by atoms with E-state index in [1.54, 1.807) is 12.1 Å². The Morgan fingerprint density at radius 3 is 2.73 bits per heavy atom. The van der Waals surface area contributed by atoms with Crippen LogP contribution < -0.4 is 0 Å². The van der Waals surface area contributed by atoms with Gasteiger partial charge in [0.05, 0.1) is 0 Å². The standard InChI is InChI=1S/C8H5ClF2N4/c9-6-4-5(8(10)11)14-15(6)7-2-1-3-12-13-7/h1-4,8H. The van der Waals surface area contributed by atoms with Crippen molar-refractivity contribution in [2.24, 2.45) is 0 Å². The van der Waals surface area contributed by atoms with E-state index < -0.39 is 6.43 Å². The lowest BCUT2D eigenvalue weighted by Crippen LogP contribution is -2.01. The van der Waals surface area contributed by atoms with E-state index in [-0.39, 0.29) is 10.8 Å². The maximum Gasteiger partial charge on any atom is 0.282 e. The Morgan fingerprint density at radius 1 is 1.40 bits per heavy atom. The van der Waals surface area contributed by atoms with E-state index >= 15 is 0 Å². The van der Waals surface area contributed by atoms with Gasteiger partial charge in [0.25, 0.3) is 6.43 Å². The molecule has 0 aromatic carbocycles. The van der Waals surface area contributed by atoms with Gasteiger partial charge in [-0.2, -0.15) is 10.2 Å². The predicted octanol–water partition coefficient (Wildman–Crippen LogP) is 2.25. The van der Waals surface area contributed by atoms with Gasteiger partial charge in [0.1, 0.15) is 10.8 Å². The number of hydrogen-bond donors (Lipinski definition) is 0. The van der Waals surface area contributed by atoms with Crippen LogP contribution in [0.25, 0.3) is 5.82 Å². The zero-order chi connectivity index (χ0) is 10.8. The smallest absolute Gasteiger partial charge is 0.203 e. The molecule has 0 bridgehead atoms. The van der Waals surface area contributed by atoms with Crippen molar-refractivity contribution in [2.45, 2.75) is 6.43 Å². The molecule has 0 amide bonds. The average molecular weight is 231 g/mol. The summed E-state index contributed by atoms with van der Waals surface area (Å²) in [5.74, 6) is 0.300. The summed E-state index contributed by atoms with van der Waals surface area (Å²) in [7, 11) is 0. The summed E-state index contributed by atoms with van der Waals surface area (Å²) < 4.78 is 25.7. The van der Waals surface area contributed by atoms with Crippen LogP contribution in [-0.2, 0) is 0 Å². The molecule has 2 aromatic rings. The molecule has 2 aromatic heterocycles. The fourth-order valence-electron chi connectivity index (χ4n) is 1.05. The van der Waals surface area contributed by atoms with E-state index in [9.17, 15) is 8.78 Å². The molecule has 0 unspecified atom stereocenters. The maximum absolute atomic E-state index is 12.3. The molecule has 0 saturated heterocycles. The molecule has 7 heteroatoms. The zero-order valence-electron chi connectivity index (χ0n) is 7.31. The Balaban J connectivity index is 2.45. The molecule has 4 nitrogen and oxygen atoms in total. The third-order valence-electron chi connectivity index (χ3n) is 1.68. The van der Waals surface area contributed by atoms with Crippen molar-refractivity contribution in [3.05, 3.63) is 35.2 Å². The van der Waals surface area contributed by atoms with Gasteiger partial charge in [-0.25, -0.2) is 13.5 Å². The molecular weight excluding hydrogens is 226 g/mol. The molecule has 2 rings (SSSR count). The van der Waals surface area contributed by atoms with Crippen molar-refractivity contribution >= 4 is 11.6 Å². The van der Waals surface area contributed by atoms with Gasteiger partial charge in [0, 0.05) is 12.3 Å². The first-order valence-corrected chi connectivity index (χ1v) is 4.38. The van der Waals surface area contributed by atoms with E-state index in [0.717, 1.165) is 10.7 Å². The number of halogens is 3. The van der Waals surface area contributed by atoms with Crippen molar-refractivity contribution in [2.75, 3.05) is 0 Å². The van der Waals surface area contributed by atoms with Gasteiger partial charge >= 0.3 is 0 Å². The summed E-state index contributed by atoms with van der Waals surface area (Å²) in [5.41, 5.74) is -0.384. The summed E-state index contributed by atoms with van der Waals surface area (Å²) in [5, 5.41) is 11.0. The van der Waals surface area contributed by atoms with Gasteiger partial charge in [-0.05, 0) is 12.1 Å². The first kappa shape index (κ1) is 9.97. The van der Waals surface area contributed by atoms with Crippen LogP contribution in [0.3, 0.4) is 0 Å². The van der Waals surface area contributed by atoms with E-state index in [1.165, 1.54) is 6.20 Å². The summed E-state index contributed by atoms with van der Waals surface area (Å²) >= 11 is 5.72. The Hall–Kier alpha value is -1.56. The molecule has 0 atom stereocenters. The van der Waals surface area contributed by atoms with Crippen LogP contribution in [-0.4, -0.2) is 20.0 Å². The number of rotatable bonds is 2. The van der Waals surface area contributed by atoms with Crippen LogP contribution in [0, 0.1) is 0 Å². The third-order valence-corrected chi connectivity index (χ3v) is 1.95. The molecule has 0 aliphatic rings. The normalized spacial score (nSPS) is 10.9. The number of nitrogens with zero attached hydrogens (tertiary/aromatic N) is 4. The Labute approximate surface area is 88.5 Å². The van der Waals surface area contributed by atoms with Crippen molar-refractivity contribution in [3.8, 4) is 5.82 Å². The average Bonchev–Trinajstić information content (AvgIpc) is 2.62. The van der Waals surface area contributed by atoms with Gasteiger partial charge in [-0.3, -0.25) is 0 Å². The fraction of sp³-hybridized carbons (Fsp3) is 0.125. The largest absolute Gasteiger partial charge is 0.282 e. The van der Waals surface area contributed by atoms with E-state index in [1.807, 2.05) is 0 Å². The molecule has 2 heterocycles. The second kappa shape index (κ2) is 3.90. The molecule has 15 heavy (non-hydrogen) atoms. The number of aromatic nitrogens is 4. The predicted molar refractivity (Wildman–Crippen MR) is 49.1 cm³/mol. The van der Waals surface area contributed by atoms with Crippen LogP contribution in [0.1, 0.15) is 12.1 Å². The van der Waals surface area contributed by atoms with Crippen LogP contribution in [0.2, 0.25) is 5.15 Å². The van der Waals surface area contributed by atoms with Crippen LogP contribution in [0.4, 0.5) is 8.78 Å². The highest BCUT2D eigenvalue weighted by Gasteiger charge is 2.15. The van der Waals surface area contributed by atoms with Gasteiger partial charge in [-0.1, -0.05) is 11.6 Å². The highest BCUT2D eigenvalue weighted by Crippen LogP contribution is 2.22. The van der Waals surface area contributed by atoms with E-state index in [2.05, 4.69) is 15.3 Å². The second-order valence-electron chi connectivity index (χ2n) is 2.69. The van der Waals surface area contributed by atoms with Gasteiger partial charge in [0.2, 0.25) is 0 Å². The number of alkyl halides is 2. The molecule has 0 spiro atoms. The van der Waals surface area contributed by atoms with Crippen LogP contribution in [0.5, 0.6) is 0 Å². The monoisotopic (exact) mass is 230 g/mol. The quantitative estimate of drug-likeness (QED) is 0.795. The molecule has 0 N–H and O–H groups in total. The van der Waals surface area contributed by atoms with Crippen molar-refractivity contribution in [3.63, 3.8) is 0 Å². The lowest BCUT2D eigenvalue weighted by atomic mass is 10.5. The summed E-state index contributed by atoms with van der Waals surface area (Å²) in [6.07, 6.45) is -1.19. The third kappa shape index (κ3) is 1.94. The van der Waals surface area contributed by atoms with Crippen molar-refractivity contribution < 1.29 is 8.78 Å². The van der Waals surface area contributed by atoms with E-state index in [0.29, 0.717) is 5.82 Å². The second-order valence-corrected chi connectivity index (χ2v) is 3.07. The summed E-state index contributed by atoms with van der Waals surface area (Å²) in [6.45, 7) is 0. The minimum atomic E-state index is -2.65. The summed E-state index contributed by atoms with van der Waals surface area (Å²) in [4.78, 5) is 0. The molecule has 0 fully saturated rings. The SMILES string of the molecule is FC(F)c1cc(Cl)n(-c2cccnn2)n1. The minimum absolute atomic E-state index is 0.0748. The van der Waals surface area contributed by atoms with Gasteiger partial charge in [-0.15, -0.1) is 5.10 Å². The topological polar surface area (TPSA) is 43.6 Å². The lowest BCUT2D eigenvalue weighted by molar-refractivity contribution is 0.145. The van der Waals surface area contributed by atoms with Crippen molar-refractivity contribution in [1.82, 2.24) is 20.0 Å². The van der Waals surface area contributed by atoms with E-state index in [4.69, 9.17) is 11.6 Å². The molecule has 0 aliphatic heterocycles. The van der Waals surface area contributed by atoms with Crippen LogP contribution >= 0.6 is 11.6 Å². The Kier molecular flexibility index (Phi) is 2.59. The maximum atomic E-state index is 12.3. The first-order valence-electron chi connectivity index (χ1n) is 4.00. The number of hydrogen-bond acceptors (Lipinski definition) is 3. The molecule has 78 valence electrons. The Morgan fingerprint density at radius 2 is 2.20 bits per heavy atom. The Bertz CT molecular complexity index is 457. The first-order chi connectivity index (χ1) is 7.18.